The van der Waals surface area contributed by atoms with Crippen LogP contribution in [0.1, 0.15) is 40.5 Å². The molecule has 0 amide bonds. The Balaban J connectivity index is 2.30. The maximum atomic E-state index is 12.4. The van der Waals surface area contributed by atoms with Crippen molar-refractivity contribution in [2.45, 2.75) is 40.5 Å². The highest BCUT2D eigenvalue weighted by molar-refractivity contribution is 5.89. The van der Waals surface area contributed by atoms with E-state index >= 15 is 0 Å². The molecule has 0 radical (unpaired) electrons. The first-order valence-electron chi connectivity index (χ1n) is 9.07. The van der Waals surface area contributed by atoms with E-state index in [9.17, 15) is 9.59 Å². The third-order valence-electron chi connectivity index (χ3n) is 4.02. The Bertz CT molecular complexity index is 961. The summed E-state index contributed by atoms with van der Waals surface area (Å²) < 4.78 is 21.4. The van der Waals surface area contributed by atoms with Gasteiger partial charge in [-0.3, -0.25) is 4.79 Å². The monoisotopic (exact) mass is 386 g/mol. The summed E-state index contributed by atoms with van der Waals surface area (Å²) in [7, 11) is 1.51. The lowest BCUT2D eigenvalue weighted by Crippen LogP contribution is -2.12. The van der Waals surface area contributed by atoms with Gasteiger partial charge in [0, 0.05) is 13.0 Å². The van der Waals surface area contributed by atoms with E-state index < -0.39 is 11.6 Å². The topological polar surface area (TPSA) is 75.0 Å². The number of hydrogen-bond donors (Lipinski definition) is 0. The molecule has 6 heteroatoms. The molecule has 28 heavy (non-hydrogen) atoms. The molecule has 1 aromatic carbocycles. The van der Waals surface area contributed by atoms with Gasteiger partial charge in [0.1, 0.15) is 17.9 Å². The third kappa shape index (κ3) is 5.74. The molecule has 2 aromatic rings. The van der Waals surface area contributed by atoms with Crippen molar-refractivity contribution in [3.8, 4) is 17.2 Å². The lowest BCUT2D eigenvalue weighted by molar-refractivity contribution is -0.131. The van der Waals surface area contributed by atoms with Gasteiger partial charge in [0.25, 0.3) is 0 Å². The first-order chi connectivity index (χ1) is 13.3. The van der Waals surface area contributed by atoms with E-state index in [1.54, 1.807) is 18.2 Å². The second kappa shape index (κ2) is 9.78. The zero-order valence-electron chi connectivity index (χ0n) is 17.0. The molecule has 0 unspecified atom stereocenters. The van der Waals surface area contributed by atoms with Crippen molar-refractivity contribution in [2.24, 2.45) is 0 Å². The van der Waals surface area contributed by atoms with Gasteiger partial charge in [0.15, 0.2) is 5.75 Å². The number of rotatable bonds is 8. The van der Waals surface area contributed by atoms with E-state index in [-0.39, 0.29) is 23.7 Å². The van der Waals surface area contributed by atoms with Crippen molar-refractivity contribution in [1.82, 2.24) is 0 Å². The lowest BCUT2D eigenvalue weighted by Gasteiger charge is -2.11. The largest absolute Gasteiger partial charge is 0.497 e. The molecule has 6 nitrogen and oxygen atoms in total. The number of ether oxygens (including phenoxy) is 3. The number of benzene rings is 1. The Labute approximate surface area is 164 Å². The molecule has 0 fully saturated rings. The van der Waals surface area contributed by atoms with Crippen LogP contribution < -0.4 is 19.8 Å². The average molecular weight is 386 g/mol. The molecule has 0 saturated carbocycles. The SMILES string of the molecule is COc1ccc2c(OC(C)=O)c(OCC=C(C)CCC=C(C)C)c(=O)oc2c1. The van der Waals surface area contributed by atoms with E-state index in [0.29, 0.717) is 11.1 Å². The normalized spacial score (nSPS) is 11.2. The minimum Gasteiger partial charge on any atom is -0.497 e. The van der Waals surface area contributed by atoms with E-state index in [4.69, 9.17) is 18.6 Å². The van der Waals surface area contributed by atoms with Crippen LogP contribution in [0.5, 0.6) is 17.2 Å². The van der Waals surface area contributed by atoms with Gasteiger partial charge in [-0.1, -0.05) is 17.2 Å². The smallest absolute Gasteiger partial charge is 0.383 e. The van der Waals surface area contributed by atoms with Crippen molar-refractivity contribution in [1.29, 1.82) is 0 Å². The Hall–Kier alpha value is -3.02. The number of esters is 1. The number of methoxy groups -OCH3 is 1. The molecule has 1 aromatic heterocycles. The van der Waals surface area contributed by atoms with Gasteiger partial charge in [-0.25, -0.2) is 4.79 Å². The molecule has 2 rings (SSSR count). The molecule has 1 heterocycles. The zero-order valence-corrected chi connectivity index (χ0v) is 17.0. The number of carbonyl (C=O) groups excluding carboxylic acids is 1. The molecule has 0 saturated heterocycles. The Morgan fingerprint density at radius 1 is 1.11 bits per heavy atom. The number of carbonyl (C=O) groups is 1. The molecule has 150 valence electrons. The van der Waals surface area contributed by atoms with Crippen LogP contribution in [0.15, 0.2) is 50.7 Å². The van der Waals surface area contributed by atoms with Crippen molar-refractivity contribution < 1.29 is 23.4 Å². The fraction of sp³-hybridized carbons (Fsp3) is 0.364. The molecular weight excluding hydrogens is 360 g/mol. The minimum absolute atomic E-state index is 0.0528. The van der Waals surface area contributed by atoms with E-state index in [2.05, 4.69) is 19.9 Å². The zero-order chi connectivity index (χ0) is 20.7. The predicted molar refractivity (Wildman–Crippen MR) is 108 cm³/mol. The van der Waals surface area contributed by atoms with Crippen LogP contribution >= 0.6 is 0 Å². The Morgan fingerprint density at radius 3 is 2.50 bits per heavy atom. The van der Waals surface area contributed by atoms with Crippen molar-refractivity contribution in [3.05, 3.63) is 51.9 Å². The lowest BCUT2D eigenvalue weighted by atomic mass is 10.1. The fourth-order valence-electron chi connectivity index (χ4n) is 2.59. The molecule has 0 aliphatic carbocycles. The number of hydrogen-bond acceptors (Lipinski definition) is 6. The molecular formula is C22H26O6. The highest BCUT2D eigenvalue weighted by Gasteiger charge is 2.19. The van der Waals surface area contributed by atoms with Gasteiger partial charge in [-0.2, -0.15) is 0 Å². The highest BCUT2D eigenvalue weighted by atomic mass is 16.6. The maximum absolute atomic E-state index is 12.4. The van der Waals surface area contributed by atoms with Crippen LogP contribution in [0.3, 0.4) is 0 Å². The first-order valence-corrected chi connectivity index (χ1v) is 9.07. The minimum atomic E-state index is -0.715. The van der Waals surface area contributed by atoms with Gasteiger partial charge in [-0.05, 0) is 51.8 Å². The summed E-state index contributed by atoms with van der Waals surface area (Å²) in [5.41, 5.74) is 1.95. The first kappa shape index (κ1) is 21.3. The molecule has 0 atom stereocenters. The van der Waals surface area contributed by atoms with Gasteiger partial charge in [0.2, 0.25) is 5.75 Å². The van der Waals surface area contributed by atoms with Crippen LogP contribution in [0.4, 0.5) is 0 Å². The van der Waals surface area contributed by atoms with Gasteiger partial charge < -0.3 is 18.6 Å². The van der Waals surface area contributed by atoms with Crippen molar-refractivity contribution in [3.63, 3.8) is 0 Å². The van der Waals surface area contributed by atoms with Crippen molar-refractivity contribution in [2.75, 3.05) is 13.7 Å². The summed E-state index contributed by atoms with van der Waals surface area (Å²) in [5.74, 6) is -0.104. The Morgan fingerprint density at radius 2 is 1.86 bits per heavy atom. The molecule has 0 aliphatic heterocycles. The molecule has 0 bridgehead atoms. The summed E-state index contributed by atoms with van der Waals surface area (Å²) in [6.45, 7) is 7.56. The van der Waals surface area contributed by atoms with Crippen LogP contribution in [-0.2, 0) is 4.79 Å². The number of fused-ring (bicyclic) bond motifs is 1. The van der Waals surface area contributed by atoms with Gasteiger partial charge in [-0.15, -0.1) is 0 Å². The Kier molecular flexibility index (Phi) is 7.44. The van der Waals surface area contributed by atoms with Crippen LogP contribution in [0, 0.1) is 0 Å². The second-order valence-corrected chi connectivity index (χ2v) is 6.69. The van der Waals surface area contributed by atoms with E-state index in [0.717, 1.165) is 18.4 Å². The fourth-order valence-corrected chi connectivity index (χ4v) is 2.59. The van der Waals surface area contributed by atoms with Gasteiger partial charge in [0.05, 0.1) is 12.5 Å². The molecule has 0 N–H and O–H groups in total. The average Bonchev–Trinajstić information content (AvgIpc) is 2.62. The van der Waals surface area contributed by atoms with E-state index in [1.807, 2.05) is 13.0 Å². The standard InChI is InChI=1S/C22H26O6/c1-14(2)7-6-8-15(3)11-12-26-21-20(27-16(4)23)18-10-9-17(25-5)13-19(18)28-22(21)24/h7,9-11,13H,6,8,12H2,1-5H3. The summed E-state index contributed by atoms with van der Waals surface area (Å²) in [5, 5.41) is 0.454. The van der Waals surface area contributed by atoms with Crippen LogP contribution in [-0.4, -0.2) is 19.7 Å². The summed E-state index contributed by atoms with van der Waals surface area (Å²) >= 11 is 0. The highest BCUT2D eigenvalue weighted by Crippen LogP contribution is 2.34. The molecule has 0 aliphatic rings. The molecule has 0 spiro atoms. The quantitative estimate of drug-likeness (QED) is 0.369. The van der Waals surface area contributed by atoms with Crippen molar-refractivity contribution >= 4 is 16.9 Å². The maximum Gasteiger partial charge on any atom is 0.383 e. The predicted octanol–water partition coefficient (Wildman–Crippen LogP) is 4.80. The third-order valence-corrected chi connectivity index (χ3v) is 4.02. The van der Waals surface area contributed by atoms with Crippen LogP contribution in [0.25, 0.3) is 11.0 Å². The summed E-state index contributed by atoms with van der Waals surface area (Å²) in [6.07, 6.45) is 5.91. The number of allylic oxidation sites excluding steroid dienone is 3. The van der Waals surface area contributed by atoms with Gasteiger partial charge >= 0.3 is 11.6 Å². The summed E-state index contributed by atoms with van der Waals surface area (Å²) in [4.78, 5) is 24.0. The van der Waals surface area contributed by atoms with Crippen LogP contribution in [0.2, 0.25) is 0 Å². The summed E-state index contributed by atoms with van der Waals surface area (Å²) in [6, 6.07) is 4.90. The second-order valence-electron chi connectivity index (χ2n) is 6.69. The van der Waals surface area contributed by atoms with E-state index in [1.165, 1.54) is 19.6 Å².